The van der Waals surface area contributed by atoms with Crippen molar-refractivity contribution in [1.82, 2.24) is 0 Å². The second kappa shape index (κ2) is 8.21. The van der Waals surface area contributed by atoms with Crippen LogP contribution in [0.25, 0.3) is 0 Å². The fraction of sp³-hybridized carbons (Fsp3) is 0.733. The standard InChI is InChI=1S/C15H26O2/c1-11(2)7-6-8-12(3)9-15(17)10-13(4)14(5)16/h7,12-13H,6,8-10H2,1-5H3. The molecule has 0 heterocycles. The summed E-state index contributed by atoms with van der Waals surface area (Å²) in [6, 6.07) is 0. The number of Topliss-reactive ketones (excluding diaryl/α,β-unsaturated/α-hetero) is 2. The van der Waals surface area contributed by atoms with E-state index < -0.39 is 0 Å². The van der Waals surface area contributed by atoms with E-state index in [1.807, 2.05) is 6.92 Å². The van der Waals surface area contributed by atoms with Crippen LogP contribution in [0.3, 0.4) is 0 Å². The molecule has 0 radical (unpaired) electrons. The summed E-state index contributed by atoms with van der Waals surface area (Å²) in [4.78, 5) is 22.7. The highest BCUT2D eigenvalue weighted by Crippen LogP contribution is 2.15. The molecule has 98 valence electrons. The molecule has 0 aliphatic heterocycles. The van der Waals surface area contributed by atoms with Gasteiger partial charge in [-0.1, -0.05) is 25.5 Å². The first-order chi connectivity index (χ1) is 7.82. The van der Waals surface area contributed by atoms with Crippen molar-refractivity contribution in [3.8, 4) is 0 Å². The SMILES string of the molecule is CC(=O)C(C)CC(=O)CC(C)CCC=C(C)C. The lowest BCUT2D eigenvalue weighted by Gasteiger charge is -2.11. The third-order valence-electron chi connectivity index (χ3n) is 3.02. The lowest BCUT2D eigenvalue weighted by atomic mass is 9.93. The molecular weight excluding hydrogens is 212 g/mol. The fourth-order valence-electron chi connectivity index (χ4n) is 1.72. The van der Waals surface area contributed by atoms with Crippen LogP contribution in [-0.2, 0) is 9.59 Å². The average molecular weight is 238 g/mol. The molecule has 0 spiro atoms. The minimum Gasteiger partial charge on any atom is -0.300 e. The zero-order valence-electron chi connectivity index (χ0n) is 11.9. The Morgan fingerprint density at radius 2 is 1.65 bits per heavy atom. The normalized spacial score (nSPS) is 13.9. The van der Waals surface area contributed by atoms with Gasteiger partial charge in [0.25, 0.3) is 0 Å². The van der Waals surface area contributed by atoms with E-state index in [-0.39, 0.29) is 17.5 Å². The number of hydrogen-bond donors (Lipinski definition) is 0. The molecule has 2 unspecified atom stereocenters. The van der Waals surface area contributed by atoms with Crippen molar-refractivity contribution in [3.63, 3.8) is 0 Å². The van der Waals surface area contributed by atoms with Gasteiger partial charge in [0.1, 0.15) is 11.6 Å². The van der Waals surface area contributed by atoms with Crippen LogP contribution >= 0.6 is 0 Å². The maximum atomic E-state index is 11.7. The van der Waals surface area contributed by atoms with Crippen LogP contribution in [0.15, 0.2) is 11.6 Å². The van der Waals surface area contributed by atoms with E-state index in [0.717, 1.165) is 12.8 Å². The van der Waals surface area contributed by atoms with Gasteiger partial charge in [0.2, 0.25) is 0 Å². The molecule has 0 rings (SSSR count). The monoisotopic (exact) mass is 238 g/mol. The molecule has 2 heteroatoms. The second-order valence-corrected chi connectivity index (χ2v) is 5.42. The van der Waals surface area contributed by atoms with Crippen molar-refractivity contribution in [3.05, 3.63) is 11.6 Å². The highest BCUT2D eigenvalue weighted by molar-refractivity contribution is 5.86. The molecule has 0 aromatic heterocycles. The topological polar surface area (TPSA) is 34.1 Å². The van der Waals surface area contributed by atoms with Gasteiger partial charge < -0.3 is 0 Å². The van der Waals surface area contributed by atoms with Crippen molar-refractivity contribution < 1.29 is 9.59 Å². The zero-order valence-corrected chi connectivity index (χ0v) is 11.9. The van der Waals surface area contributed by atoms with E-state index >= 15 is 0 Å². The van der Waals surface area contributed by atoms with Gasteiger partial charge in [0, 0.05) is 18.8 Å². The lowest BCUT2D eigenvalue weighted by Crippen LogP contribution is -2.14. The molecule has 0 saturated carbocycles. The van der Waals surface area contributed by atoms with Crippen LogP contribution in [0, 0.1) is 11.8 Å². The summed E-state index contributed by atoms with van der Waals surface area (Å²) in [6.45, 7) is 9.66. The molecule has 0 aliphatic carbocycles. The van der Waals surface area contributed by atoms with Crippen LogP contribution in [0.4, 0.5) is 0 Å². The molecule has 2 nitrogen and oxygen atoms in total. The third-order valence-corrected chi connectivity index (χ3v) is 3.02. The van der Waals surface area contributed by atoms with Gasteiger partial charge in [0.15, 0.2) is 0 Å². The van der Waals surface area contributed by atoms with Crippen LogP contribution in [0.1, 0.15) is 60.3 Å². The maximum absolute atomic E-state index is 11.7. The fourth-order valence-corrected chi connectivity index (χ4v) is 1.72. The second-order valence-electron chi connectivity index (χ2n) is 5.42. The molecule has 0 saturated heterocycles. The van der Waals surface area contributed by atoms with Crippen LogP contribution in [-0.4, -0.2) is 11.6 Å². The number of ketones is 2. The smallest absolute Gasteiger partial charge is 0.133 e. The summed E-state index contributed by atoms with van der Waals surface area (Å²) in [6.07, 6.45) is 5.31. The minimum absolute atomic E-state index is 0.107. The number of carbonyl (C=O) groups excluding carboxylic acids is 2. The summed E-state index contributed by atoms with van der Waals surface area (Å²) in [5, 5.41) is 0. The minimum atomic E-state index is -0.118. The Balaban J connectivity index is 3.88. The van der Waals surface area contributed by atoms with Gasteiger partial charge >= 0.3 is 0 Å². The Bertz CT molecular complexity index is 285. The van der Waals surface area contributed by atoms with Crippen molar-refractivity contribution >= 4 is 11.6 Å². The quantitative estimate of drug-likeness (QED) is 0.600. The van der Waals surface area contributed by atoms with Crippen LogP contribution in [0.2, 0.25) is 0 Å². The van der Waals surface area contributed by atoms with Gasteiger partial charge in [-0.15, -0.1) is 0 Å². The average Bonchev–Trinajstić information content (AvgIpc) is 2.16. The van der Waals surface area contributed by atoms with Crippen molar-refractivity contribution in [2.45, 2.75) is 60.3 Å². The van der Waals surface area contributed by atoms with Crippen LogP contribution in [0.5, 0.6) is 0 Å². The van der Waals surface area contributed by atoms with E-state index in [0.29, 0.717) is 18.8 Å². The highest BCUT2D eigenvalue weighted by Gasteiger charge is 2.15. The Kier molecular flexibility index (Phi) is 7.77. The number of allylic oxidation sites excluding steroid dienone is 2. The van der Waals surface area contributed by atoms with Crippen LogP contribution < -0.4 is 0 Å². The number of rotatable bonds is 8. The predicted molar refractivity (Wildman–Crippen MR) is 71.9 cm³/mol. The highest BCUT2D eigenvalue weighted by atomic mass is 16.1. The number of carbonyl (C=O) groups is 2. The van der Waals surface area contributed by atoms with Crippen molar-refractivity contribution in [2.24, 2.45) is 11.8 Å². The molecule has 0 amide bonds. The van der Waals surface area contributed by atoms with Gasteiger partial charge in [-0.05, 0) is 39.5 Å². The molecule has 0 aliphatic rings. The molecule has 0 N–H and O–H groups in total. The Morgan fingerprint density at radius 3 is 2.12 bits per heavy atom. The molecule has 0 aromatic rings. The summed E-state index contributed by atoms with van der Waals surface area (Å²) in [5.74, 6) is 0.623. The van der Waals surface area contributed by atoms with Gasteiger partial charge in [-0.25, -0.2) is 0 Å². The molecular formula is C15H26O2. The lowest BCUT2D eigenvalue weighted by molar-refractivity contribution is -0.126. The molecule has 2 atom stereocenters. The largest absolute Gasteiger partial charge is 0.300 e. The summed E-state index contributed by atoms with van der Waals surface area (Å²) in [5.41, 5.74) is 1.33. The third kappa shape index (κ3) is 8.84. The summed E-state index contributed by atoms with van der Waals surface area (Å²) < 4.78 is 0. The Morgan fingerprint density at radius 1 is 1.06 bits per heavy atom. The summed E-state index contributed by atoms with van der Waals surface area (Å²) in [7, 11) is 0. The molecule has 17 heavy (non-hydrogen) atoms. The van der Waals surface area contributed by atoms with Gasteiger partial charge in [0.05, 0.1) is 0 Å². The van der Waals surface area contributed by atoms with E-state index in [2.05, 4.69) is 26.8 Å². The summed E-state index contributed by atoms with van der Waals surface area (Å²) >= 11 is 0. The number of hydrogen-bond acceptors (Lipinski definition) is 2. The van der Waals surface area contributed by atoms with E-state index in [1.165, 1.54) is 5.57 Å². The van der Waals surface area contributed by atoms with Gasteiger partial charge in [-0.3, -0.25) is 9.59 Å². The Hall–Kier alpha value is -0.920. The Labute approximate surface area is 105 Å². The predicted octanol–water partition coefficient (Wildman–Crippen LogP) is 3.94. The van der Waals surface area contributed by atoms with E-state index in [1.54, 1.807) is 6.92 Å². The van der Waals surface area contributed by atoms with Crippen molar-refractivity contribution in [1.29, 1.82) is 0 Å². The molecule has 0 bridgehead atoms. The van der Waals surface area contributed by atoms with Gasteiger partial charge in [-0.2, -0.15) is 0 Å². The van der Waals surface area contributed by atoms with E-state index in [9.17, 15) is 9.59 Å². The first kappa shape index (κ1) is 16.1. The first-order valence-electron chi connectivity index (χ1n) is 6.48. The zero-order chi connectivity index (χ0) is 13.4. The molecule has 0 fully saturated rings. The first-order valence-corrected chi connectivity index (χ1v) is 6.48. The molecule has 0 aromatic carbocycles. The maximum Gasteiger partial charge on any atom is 0.133 e. The van der Waals surface area contributed by atoms with Crippen molar-refractivity contribution in [2.75, 3.05) is 0 Å². The van der Waals surface area contributed by atoms with E-state index in [4.69, 9.17) is 0 Å².